The maximum absolute atomic E-state index is 12.6. The summed E-state index contributed by atoms with van der Waals surface area (Å²) in [5.74, 6) is 0.857. The summed E-state index contributed by atoms with van der Waals surface area (Å²) < 4.78 is 0. The highest BCUT2D eigenvalue weighted by Gasteiger charge is 2.27. The number of aryl methyl sites for hydroxylation is 2. The quantitative estimate of drug-likeness (QED) is 0.867. The van der Waals surface area contributed by atoms with E-state index in [1.807, 2.05) is 11.9 Å². The third-order valence-electron chi connectivity index (χ3n) is 4.03. The summed E-state index contributed by atoms with van der Waals surface area (Å²) in [6, 6.07) is 2.13. The second-order valence-corrected chi connectivity index (χ2v) is 6.76. The Morgan fingerprint density at radius 2 is 2.24 bits per heavy atom. The van der Waals surface area contributed by atoms with E-state index < -0.39 is 0 Å². The van der Waals surface area contributed by atoms with Gasteiger partial charge in [0, 0.05) is 18.0 Å². The number of carbonyl (C=O) groups is 1. The van der Waals surface area contributed by atoms with Gasteiger partial charge in [-0.05, 0) is 50.4 Å². The van der Waals surface area contributed by atoms with E-state index in [0.29, 0.717) is 5.92 Å². The van der Waals surface area contributed by atoms with Crippen LogP contribution < -0.4 is 5.32 Å². The largest absolute Gasteiger partial charge is 0.338 e. The van der Waals surface area contributed by atoms with Crippen LogP contribution in [0.3, 0.4) is 0 Å². The van der Waals surface area contributed by atoms with Crippen LogP contribution in [0.25, 0.3) is 0 Å². The zero-order valence-corrected chi connectivity index (χ0v) is 14.9. The lowest BCUT2D eigenvalue weighted by atomic mass is 10.1. The highest BCUT2D eigenvalue weighted by Crippen LogP contribution is 2.27. The molecule has 1 aliphatic heterocycles. The molecule has 0 radical (unpaired) electrons. The minimum Gasteiger partial charge on any atom is -0.338 e. The molecule has 1 aromatic rings. The number of carbonyl (C=O) groups excluding carboxylic acids is 1. The fourth-order valence-electron chi connectivity index (χ4n) is 2.94. The van der Waals surface area contributed by atoms with Crippen molar-refractivity contribution in [3.05, 3.63) is 21.4 Å². The topological polar surface area (TPSA) is 32.3 Å². The Labute approximate surface area is 138 Å². The highest BCUT2D eigenvalue weighted by molar-refractivity contribution is 7.14. The average Bonchev–Trinajstić information content (AvgIpc) is 3.06. The molecule has 1 aromatic heterocycles. The molecule has 0 bridgehead atoms. The van der Waals surface area contributed by atoms with E-state index in [9.17, 15) is 4.79 Å². The summed E-state index contributed by atoms with van der Waals surface area (Å²) in [6.45, 7) is 7.20. The number of likely N-dealkylation sites (tertiary alicyclic amines) is 1. The molecule has 1 fully saturated rings. The number of hydrogen-bond acceptors (Lipinski definition) is 3. The highest BCUT2D eigenvalue weighted by atomic mass is 35.5. The second-order valence-electron chi connectivity index (χ2n) is 5.63. The van der Waals surface area contributed by atoms with Gasteiger partial charge in [-0.25, -0.2) is 0 Å². The van der Waals surface area contributed by atoms with Gasteiger partial charge in [0.25, 0.3) is 5.91 Å². The van der Waals surface area contributed by atoms with Crippen LogP contribution in [0.5, 0.6) is 0 Å². The molecule has 1 saturated heterocycles. The first-order chi connectivity index (χ1) is 9.69. The van der Waals surface area contributed by atoms with E-state index in [1.54, 1.807) is 11.3 Å². The van der Waals surface area contributed by atoms with E-state index in [0.717, 1.165) is 50.2 Å². The van der Waals surface area contributed by atoms with E-state index in [2.05, 4.69) is 25.2 Å². The second kappa shape index (κ2) is 8.76. The van der Waals surface area contributed by atoms with Crippen LogP contribution in [0.15, 0.2) is 6.07 Å². The molecule has 0 saturated carbocycles. The molecule has 1 atom stereocenters. The van der Waals surface area contributed by atoms with Crippen molar-refractivity contribution in [1.29, 1.82) is 0 Å². The average molecular weight is 331 g/mol. The Bertz CT molecular complexity index is 461. The molecule has 0 aromatic carbocycles. The van der Waals surface area contributed by atoms with Gasteiger partial charge in [0.2, 0.25) is 0 Å². The van der Waals surface area contributed by atoms with Crippen molar-refractivity contribution < 1.29 is 4.79 Å². The third kappa shape index (κ3) is 4.44. The van der Waals surface area contributed by atoms with Gasteiger partial charge in [-0.3, -0.25) is 4.79 Å². The fourth-order valence-corrected chi connectivity index (χ4v) is 4.26. The number of halogens is 1. The van der Waals surface area contributed by atoms with Crippen LogP contribution in [0.1, 0.15) is 46.8 Å². The molecular weight excluding hydrogens is 304 g/mol. The smallest absolute Gasteiger partial charge is 0.263 e. The van der Waals surface area contributed by atoms with Crippen LogP contribution >= 0.6 is 23.7 Å². The molecule has 0 spiro atoms. The van der Waals surface area contributed by atoms with Gasteiger partial charge in [-0.2, -0.15) is 0 Å². The molecule has 1 amide bonds. The van der Waals surface area contributed by atoms with Crippen LogP contribution in [-0.4, -0.2) is 37.5 Å². The molecule has 1 unspecified atom stereocenters. The summed E-state index contributed by atoms with van der Waals surface area (Å²) in [5, 5.41) is 3.21. The summed E-state index contributed by atoms with van der Waals surface area (Å²) in [4.78, 5) is 17.0. The van der Waals surface area contributed by atoms with Gasteiger partial charge < -0.3 is 10.2 Å². The Hall–Kier alpha value is -0.580. The Balaban J connectivity index is 0.00000220. The number of nitrogens with zero attached hydrogens (tertiary/aromatic N) is 1. The lowest BCUT2D eigenvalue weighted by Crippen LogP contribution is -2.29. The van der Waals surface area contributed by atoms with Crippen LogP contribution in [0.4, 0.5) is 0 Å². The number of rotatable bonds is 6. The number of thiophene rings is 1. The predicted molar refractivity (Wildman–Crippen MR) is 92.9 cm³/mol. The maximum Gasteiger partial charge on any atom is 0.263 e. The van der Waals surface area contributed by atoms with Crippen molar-refractivity contribution in [3.63, 3.8) is 0 Å². The fraction of sp³-hybridized carbons (Fsp3) is 0.688. The lowest BCUT2D eigenvalue weighted by molar-refractivity contribution is 0.0792. The minimum absolute atomic E-state index is 0. The van der Waals surface area contributed by atoms with Crippen molar-refractivity contribution in [1.82, 2.24) is 10.2 Å². The molecular formula is C16H27ClN2OS. The molecule has 0 aliphatic carbocycles. The van der Waals surface area contributed by atoms with Crippen molar-refractivity contribution in [2.75, 3.05) is 26.7 Å². The summed E-state index contributed by atoms with van der Waals surface area (Å²) in [7, 11) is 1.98. The third-order valence-corrected chi connectivity index (χ3v) is 5.26. The number of nitrogens with one attached hydrogen (secondary N) is 1. The molecule has 21 heavy (non-hydrogen) atoms. The lowest BCUT2D eigenvalue weighted by Gasteiger charge is -2.15. The van der Waals surface area contributed by atoms with E-state index in [1.165, 1.54) is 10.4 Å². The van der Waals surface area contributed by atoms with E-state index in [-0.39, 0.29) is 18.3 Å². The van der Waals surface area contributed by atoms with Gasteiger partial charge in [0.05, 0.1) is 4.88 Å². The Morgan fingerprint density at radius 3 is 2.86 bits per heavy atom. The first kappa shape index (κ1) is 18.5. The summed E-state index contributed by atoms with van der Waals surface area (Å²) in [5.41, 5.74) is 1.37. The minimum atomic E-state index is 0. The maximum atomic E-state index is 12.6. The van der Waals surface area contributed by atoms with Gasteiger partial charge in [0.1, 0.15) is 0 Å². The first-order valence-corrected chi connectivity index (χ1v) is 8.56. The van der Waals surface area contributed by atoms with Gasteiger partial charge in [-0.1, -0.05) is 20.3 Å². The normalized spacial score (nSPS) is 17.9. The molecule has 3 nitrogen and oxygen atoms in total. The Morgan fingerprint density at radius 1 is 1.48 bits per heavy atom. The van der Waals surface area contributed by atoms with Crippen LogP contribution in [-0.2, 0) is 12.8 Å². The van der Waals surface area contributed by atoms with Crippen molar-refractivity contribution in [3.8, 4) is 0 Å². The monoisotopic (exact) mass is 330 g/mol. The molecule has 5 heteroatoms. The number of amides is 1. The molecule has 1 aliphatic rings. The zero-order valence-electron chi connectivity index (χ0n) is 13.3. The van der Waals surface area contributed by atoms with E-state index in [4.69, 9.17) is 0 Å². The predicted octanol–water partition coefficient (Wildman–Crippen LogP) is 3.37. The molecule has 2 rings (SSSR count). The van der Waals surface area contributed by atoms with Crippen molar-refractivity contribution >= 4 is 29.7 Å². The SMILES string of the molecule is CCCc1sc(C(=O)N2CCC(CNC)C2)cc1CC.Cl. The van der Waals surface area contributed by atoms with Crippen LogP contribution in [0.2, 0.25) is 0 Å². The van der Waals surface area contributed by atoms with Crippen LogP contribution in [0, 0.1) is 5.92 Å². The Kier molecular flexibility index (Phi) is 7.71. The van der Waals surface area contributed by atoms with Gasteiger partial charge >= 0.3 is 0 Å². The number of hydrogen-bond donors (Lipinski definition) is 1. The molecule has 2 heterocycles. The zero-order chi connectivity index (χ0) is 14.5. The summed E-state index contributed by atoms with van der Waals surface area (Å²) in [6.07, 6.45) is 4.40. The summed E-state index contributed by atoms with van der Waals surface area (Å²) >= 11 is 1.71. The van der Waals surface area contributed by atoms with E-state index >= 15 is 0 Å². The van der Waals surface area contributed by atoms with Crippen molar-refractivity contribution in [2.45, 2.75) is 39.5 Å². The van der Waals surface area contributed by atoms with Gasteiger partial charge in [0.15, 0.2) is 0 Å². The molecule has 1 N–H and O–H groups in total. The standard InChI is InChI=1S/C16H26N2OS.ClH/c1-4-6-14-13(5-2)9-15(20-14)16(19)18-8-7-12(11-18)10-17-3;/h9,12,17H,4-8,10-11H2,1-3H3;1H. The molecule has 120 valence electrons. The van der Waals surface area contributed by atoms with Gasteiger partial charge in [-0.15, -0.1) is 23.7 Å². The van der Waals surface area contributed by atoms with Crippen molar-refractivity contribution in [2.24, 2.45) is 5.92 Å². The first-order valence-electron chi connectivity index (χ1n) is 7.75.